The monoisotopic (exact) mass is 382 g/mol. The Hall–Kier alpha value is -2.99. The minimum atomic E-state index is -4.68. The van der Waals surface area contributed by atoms with Gasteiger partial charge in [-0.25, -0.2) is 8.42 Å². The van der Waals surface area contributed by atoms with Crippen LogP contribution in [0, 0.1) is 12.3 Å². The molecule has 136 valence electrons. The van der Waals surface area contributed by atoms with Crippen molar-refractivity contribution in [1.82, 2.24) is 5.32 Å². The fourth-order valence-corrected chi connectivity index (χ4v) is 3.17. The molecule has 0 saturated heterocycles. The summed E-state index contributed by atoms with van der Waals surface area (Å²) in [5, 5.41) is 2.38. The van der Waals surface area contributed by atoms with Crippen molar-refractivity contribution in [2.75, 3.05) is 11.3 Å². The van der Waals surface area contributed by atoms with Crippen LogP contribution in [-0.2, 0) is 16.2 Å². The minimum absolute atomic E-state index is 0.0155. The van der Waals surface area contributed by atoms with E-state index in [2.05, 4.69) is 16.0 Å². The van der Waals surface area contributed by atoms with Gasteiger partial charge in [-0.3, -0.25) is 9.52 Å². The first kappa shape index (κ1) is 19.3. The van der Waals surface area contributed by atoms with Crippen molar-refractivity contribution in [2.24, 2.45) is 0 Å². The molecule has 0 aliphatic carbocycles. The van der Waals surface area contributed by atoms with Gasteiger partial charge in [0.25, 0.3) is 15.9 Å². The Labute approximate surface area is 148 Å². The Kier molecular flexibility index (Phi) is 5.57. The van der Waals surface area contributed by atoms with Gasteiger partial charge < -0.3 is 5.32 Å². The van der Waals surface area contributed by atoms with Crippen LogP contribution in [0.3, 0.4) is 0 Å². The third kappa shape index (κ3) is 4.55. The lowest BCUT2D eigenvalue weighted by atomic mass is 10.2. The Morgan fingerprint density at radius 3 is 2.46 bits per heavy atom. The normalized spacial score (nSPS) is 11.5. The molecule has 2 aromatic rings. The summed E-state index contributed by atoms with van der Waals surface area (Å²) in [5.74, 6) is 1.59. The number of alkyl halides is 3. The second-order valence-electron chi connectivity index (χ2n) is 5.06. The van der Waals surface area contributed by atoms with Crippen LogP contribution in [-0.4, -0.2) is 20.9 Å². The predicted octanol–water partition coefficient (Wildman–Crippen LogP) is 2.87. The first-order valence-electron chi connectivity index (χ1n) is 7.16. The molecule has 2 N–H and O–H groups in total. The van der Waals surface area contributed by atoms with Gasteiger partial charge in [0.1, 0.15) is 0 Å². The first-order chi connectivity index (χ1) is 12.1. The molecule has 0 unspecified atom stereocenters. The van der Waals surface area contributed by atoms with Gasteiger partial charge in [-0.1, -0.05) is 24.1 Å². The first-order valence-corrected chi connectivity index (χ1v) is 8.64. The standard InChI is InChI=1S/C17H13F3N2O3S/c1-2-10-21-16(23)14-8-3-4-9-15(14)22-26(24,25)13-7-5-6-12(11-13)17(18,19)20/h1,3-9,11,22H,10H2,(H,21,23). The molecule has 0 radical (unpaired) electrons. The summed E-state index contributed by atoms with van der Waals surface area (Å²) in [4.78, 5) is 11.5. The maximum Gasteiger partial charge on any atom is 0.416 e. The highest BCUT2D eigenvalue weighted by molar-refractivity contribution is 7.92. The molecular weight excluding hydrogens is 369 g/mol. The molecule has 0 aliphatic rings. The van der Waals surface area contributed by atoms with E-state index in [-0.39, 0.29) is 17.8 Å². The molecule has 0 saturated carbocycles. The minimum Gasteiger partial charge on any atom is -0.341 e. The van der Waals surface area contributed by atoms with E-state index in [4.69, 9.17) is 6.42 Å². The zero-order chi connectivity index (χ0) is 19.4. The van der Waals surface area contributed by atoms with Crippen LogP contribution in [0.15, 0.2) is 53.4 Å². The molecule has 2 aromatic carbocycles. The molecule has 0 aromatic heterocycles. The van der Waals surface area contributed by atoms with Gasteiger partial charge in [-0.15, -0.1) is 6.42 Å². The number of halogens is 3. The Balaban J connectivity index is 2.37. The van der Waals surface area contributed by atoms with E-state index in [1.807, 2.05) is 0 Å². The molecule has 1 amide bonds. The maximum absolute atomic E-state index is 12.8. The van der Waals surface area contributed by atoms with Gasteiger partial charge in [0.15, 0.2) is 0 Å². The van der Waals surface area contributed by atoms with Gasteiger partial charge >= 0.3 is 6.18 Å². The quantitative estimate of drug-likeness (QED) is 0.781. The highest BCUT2D eigenvalue weighted by atomic mass is 32.2. The molecule has 0 heterocycles. The van der Waals surface area contributed by atoms with Crippen molar-refractivity contribution < 1.29 is 26.4 Å². The van der Waals surface area contributed by atoms with Gasteiger partial charge in [0, 0.05) is 0 Å². The van der Waals surface area contributed by atoms with Crippen LogP contribution in [0.25, 0.3) is 0 Å². The third-order valence-electron chi connectivity index (χ3n) is 3.24. The number of hydrogen-bond donors (Lipinski definition) is 2. The number of carbonyl (C=O) groups excluding carboxylic acids is 1. The number of rotatable bonds is 5. The second kappa shape index (κ2) is 7.49. The van der Waals surface area contributed by atoms with Gasteiger partial charge in [0.05, 0.1) is 28.3 Å². The van der Waals surface area contributed by atoms with Crippen molar-refractivity contribution in [2.45, 2.75) is 11.1 Å². The molecule has 0 bridgehead atoms. The molecule has 2 rings (SSSR count). The number of hydrogen-bond acceptors (Lipinski definition) is 3. The average molecular weight is 382 g/mol. The summed E-state index contributed by atoms with van der Waals surface area (Å²) in [5.41, 5.74) is -1.20. The number of benzene rings is 2. The summed E-state index contributed by atoms with van der Waals surface area (Å²) in [6, 6.07) is 8.95. The van der Waals surface area contributed by atoms with Gasteiger partial charge in [0.2, 0.25) is 0 Å². The maximum atomic E-state index is 12.8. The molecular formula is C17H13F3N2O3S. The van der Waals surface area contributed by atoms with E-state index in [9.17, 15) is 26.4 Å². The average Bonchev–Trinajstić information content (AvgIpc) is 2.59. The lowest BCUT2D eigenvalue weighted by Gasteiger charge is -2.13. The topological polar surface area (TPSA) is 75.3 Å². The van der Waals surface area contributed by atoms with E-state index in [1.165, 1.54) is 24.3 Å². The molecule has 0 aliphatic heterocycles. The third-order valence-corrected chi connectivity index (χ3v) is 4.60. The van der Waals surface area contributed by atoms with Crippen molar-refractivity contribution in [3.05, 3.63) is 59.7 Å². The van der Waals surface area contributed by atoms with Crippen LogP contribution in [0.4, 0.5) is 18.9 Å². The van der Waals surface area contributed by atoms with E-state index in [1.54, 1.807) is 0 Å². The summed E-state index contributed by atoms with van der Waals surface area (Å²) < 4.78 is 65.3. The largest absolute Gasteiger partial charge is 0.416 e. The van der Waals surface area contributed by atoms with Crippen molar-refractivity contribution >= 4 is 21.6 Å². The highest BCUT2D eigenvalue weighted by Gasteiger charge is 2.31. The highest BCUT2D eigenvalue weighted by Crippen LogP contribution is 2.31. The lowest BCUT2D eigenvalue weighted by molar-refractivity contribution is -0.137. The molecule has 0 atom stereocenters. The molecule has 5 nitrogen and oxygen atoms in total. The second-order valence-corrected chi connectivity index (χ2v) is 6.75. The summed E-state index contributed by atoms with van der Waals surface area (Å²) in [7, 11) is -4.34. The zero-order valence-corrected chi connectivity index (χ0v) is 14.0. The zero-order valence-electron chi connectivity index (χ0n) is 13.2. The van der Waals surface area contributed by atoms with E-state index < -0.39 is 32.6 Å². The van der Waals surface area contributed by atoms with E-state index in [0.717, 1.165) is 18.2 Å². The summed E-state index contributed by atoms with van der Waals surface area (Å²) in [6.45, 7) is -0.0620. The van der Waals surface area contributed by atoms with Crippen LogP contribution < -0.4 is 10.0 Å². The molecule has 0 fully saturated rings. The number of sulfonamides is 1. The Bertz CT molecular complexity index is 964. The molecule has 9 heteroatoms. The fraction of sp³-hybridized carbons (Fsp3) is 0.118. The number of terminal acetylenes is 1. The van der Waals surface area contributed by atoms with Crippen molar-refractivity contribution in [3.63, 3.8) is 0 Å². The van der Waals surface area contributed by atoms with Crippen LogP contribution in [0.1, 0.15) is 15.9 Å². The van der Waals surface area contributed by atoms with Crippen LogP contribution >= 0.6 is 0 Å². The van der Waals surface area contributed by atoms with Crippen LogP contribution in [0.2, 0.25) is 0 Å². The van der Waals surface area contributed by atoms with E-state index in [0.29, 0.717) is 6.07 Å². The molecule has 26 heavy (non-hydrogen) atoms. The summed E-state index contributed by atoms with van der Waals surface area (Å²) >= 11 is 0. The van der Waals surface area contributed by atoms with Gasteiger partial charge in [-0.2, -0.15) is 13.2 Å². The fourth-order valence-electron chi connectivity index (χ4n) is 2.04. The SMILES string of the molecule is C#CCNC(=O)c1ccccc1NS(=O)(=O)c1cccc(C(F)(F)F)c1. The number of amides is 1. The Morgan fingerprint density at radius 1 is 1.12 bits per heavy atom. The van der Waals surface area contributed by atoms with E-state index >= 15 is 0 Å². The lowest BCUT2D eigenvalue weighted by Crippen LogP contribution is -2.25. The number of carbonyl (C=O) groups is 1. The number of anilines is 1. The number of nitrogens with one attached hydrogen (secondary N) is 2. The Morgan fingerprint density at radius 2 is 1.81 bits per heavy atom. The van der Waals surface area contributed by atoms with Crippen molar-refractivity contribution in [1.29, 1.82) is 0 Å². The smallest absolute Gasteiger partial charge is 0.341 e. The van der Waals surface area contributed by atoms with Gasteiger partial charge in [-0.05, 0) is 30.3 Å². The predicted molar refractivity (Wildman–Crippen MR) is 89.9 cm³/mol. The van der Waals surface area contributed by atoms with Crippen LogP contribution in [0.5, 0.6) is 0 Å². The number of para-hydroxylation sites is 1. The van der Waals surface area contributed by atoms with Crippen molar-refractivity contribution in [3.8, 4) is 12.3 Å². The molecule has 0 spiro atoms. The summed E-state index contributed by atoms with van der Waals surface area (Å²) in [6.07, 6.45) is 0.370.